The molecule has 2 aliphatic heterocycles. The number of nitrogens with one attached hydrogen (secondary N) is 1. The molecule has 1 aromatic heterocycles. The minimum absolute atomic E-state index is 0. The van der Waals surface area contributed by atoms with Crippen molar-refractivity contribution in [2.45, 2.75) is 58.0 Å². The first-order valence-electron chi connectivity index (χ1n) is 11.5. The van der Waals surface area contributed by atoms with Crippen molar-refractivity contribution in [1.29, 1.82) is 0 Å². The Hall–Kier alpha value is -1.39. The molecule has 0 amide bonds. The van der Waals surface area contributed by atoms with E-state index in [0.29, 0.717) is 0 Å². The van der Waals surface area contributed by atoms with Crippen molar-refractivity contribution in [3.05, 3.63) is 65.4 Å². The molecule has 0 unspecified atom stereocenters. The fraction of sp³-hybridized carbons (Fsp3) is 0.462. The molecule has 6 heteroatoms. The number of rotatable bonds is 6. The van der Waals surface area contributed by atoms with Gasteiger partial charge in [0.05, 0.1) is 0 Å². The van der Waals surface area contributed by atoms with Gasteiger partial charge in [0, 0.05) is 48.5 Å². The fourth-order valence-corrected chi connectivity index (χ4v) is 5.27. The maximum absolute atomic E-state index is 3.71. The van der Waals surface area contributed by atoms with Crippen LogP contribution in [0.15, 0.2) is 48.5 Å². The third-order valence-electron chi connectivity index (χ3n) is 6.75. The van der Waals surface area contributed by atoms with Crippen molar-refractivity contribution >= 4 is 53.8 Å². The Bertz CT molecular complexity index is 980. The zero-order valence-electron chi connectivity index (χ0n) is 18.7. The average molecular weight is 497 g/mol. The summed E-state index contributed by atoms with van der Waals surface area (Å²) in [6, 6.07) is 18.1. The lowest BCUT2D eigenvalue weighted by molar-refractivity contribution is 0.539. The SMILES string of the molecule is Cl.Cl.Cl.c1cc(CNCCc2c3n(c4ccccc24)CCCC3)cc(N2CCCCC2)c1. The molecule has 3 aromatic rings. The molecule has 0 radical (unpaired) electrons. The number of hydrogen-bond acceptors (Lipinski definition) is 2. The van der Waals surface area contributed by atoms with E-state index in [2.05, 4.69) is 63.3 Å². The van der Waals surface area contributed by atoms with Gasteiger partial charge in [0.2, 0.25) is 0 Å². The largest absolute Gasteiger partial charge is 0.372 e. The van der Waals surface area contributed by atoms with E-state index < -0.39 is 0 Å². The molecular weight excluding hydrogens is 461 g/mol. The Labute approximate surface area is 211 Å². The molecule has 2 aromatic carbocycles. The molecule has 0 atom stereocenters. The van der Waals surface area contributed by atoms with Gasteiger partial charge < -0.3 is 14.8 Å². The molecule has 3 nitrogen and oxygen atoms in total. The van der Waals surface area contributed by atoms with Crippen molar-refractivity contribution in [3.63, 3.8) is 0 Å². The summed E-state index contributed by atoms with van der Waals surface area (Å²) in [5, 5.41) is 5.18. The van der Waals surface area contributed by atoms with Crippen LogP contribution in [0.5, 0.6) is 0 Å². The van der Waals surface area contributed by atoms with Gasteiger partial charge in [0.1, 0.15) is 0 Å². The van der Waals surface area contributed by atoms with Crippen LogP contribution in [0.4, 0.5) is 5.69 Å². The third kappa shape index (κ3) is 5.75. The van der Waals surface area contributed by atoms with Crippen LogP contribution in [0.1, 0.15) is 48.9 Å². The van der Waals surface area contributed by atoms with Crippen molar-refractivity contribution in [1.82, 2.24) is 9.88 Å². The molecule has 32 heavy (non-hydrogen) atoms. The number of aryl methyl sites for hydroxylation is 1. The number of benzene rings is 2. The second-order valence-electron chi connectivity index (χ2n) is 8.70. The summed E-state index contributed by atoms with van der Waals surface area (Å²) in [5.74, 6) is 0. The second kappa shape index (κ2) is 12.7. The van der Waals surface area contributed by atoms with Gasteiger partial charge in [0.15, 0.2) is 0 Å². The molecule has 2 aliphatic rings. The monoisotopic (exact) mass is 495 g/mol. The van der Waals surface area contributed by atoms with Gasteiger partial charge in [0.25, 0.3) is 0 Å². The summed E-state index contributed by atoms with van der Waals surface area (Å²) in [4.78, 5) is 2.55. The number of fused-ring (bicyclic) bond motifs is 3. The van der Waals surface area contributed by atoms with Gasteiger partial charge in [-0.3, -0.25) is 0 Å². The lowest BCUT2D eigenvalue weighted by Gasteiger charge is -2.29. The quantitative estimate of drug-likeness (QED) is 0.390. The smallest absolute Gasteiger partial charge is 0.0485 e. The second-order valence-corrected chi connectivity index (χ2v) is 8.70. The topological polar surface area (TPSA) is 20.2 Å². The molecule has 5 rings (SSSR count). The summed E-state index contributed by atoms with van der Waals surface area (Å²) in [6.45, 7) is 5.60. The predicted octanol–water partition coefficient (Wildman–Crippen LogP) is 6.57. The van der Waals surface area contributed by atoms with Gasteiger partial charge in [-0.15, -0.1) is 37.2 Å². The highest BCUT2D eigenvalue weighted by Gasteiger charge is 2.18. The highest BCUT2D eigenvalue weighted by molar-refractivity contribution is 5.86. The van der Waals surface area contributed by atoms with Crippen LogP contribution in [-0.2, 0) is 25.9 Å². The summed E-state index contributed by atoms with van der Waals surface area (Å²) < 4.78 is 2.58. The number of para-hydroxylation sites is 1. The molecule has 3 heterocycles. The van der Waals surface area contributed by atoms with Gasteiger partial charge >= 0.3 is 0 Å². The summed E-state index contributed by atoms with van der Waals surface area (Å²) in [5.41, 5.74) is 7.40. The first kappa shape index (κ1) is 26.9. The zero-order chi connectivity index (χ0) is 19.5. The van der Waals surface area contributed by atoms with E-state index in [9.17, 15) is 0 Å². The van der Waals surface area contributed by atoms with Crippen LogP contribution >= 0.6 is 37.2 Å². The summed E-state index contributed by atoms with van der Waals surface area (Å²) >= 11 is 0. The van der Waals surface area contributed by atoms with Crippen molar-refractivity contribution < 1.29 is 0 Å². The molecular formula is C26H36Cl3N3. The molecule has 1 saturated heterocycles. The van der Waals surface area contributed by atoms with E-state index in [-0.39, 0.29) is 37.2 Å². The van der Waals surface area contributed by atoms with Crippen molar-refractivity contribution in [2.75, 3.05) is 24.5 Å². The van der Waals surface area contributed by atoms with Crippen LogP contribution in [0.2, 0.25) is 0 Å². The summed E-state index contributed by atoms with van der Waals surface area (Å²) in [7, 11) is 0. The lowest BCUT2D eigenvalue weighted by Crippen LogP contribution is -2.29. The molecule has 176 valence electrons. The Morgan fingerprint density at radius 3 is 2.41 bits per heavy atom. The Morgan fingerprint density at radius 2 is 1.56 bits per heavy atom. The van der Waals surface area contributed by atoms with Crippen LogP contribution < -0.4 is 10.2 Å². The highest BCUT2D eigenvalue weighted by atomic mass is 35.5. The maximum Gasteiger partial charge on any atom is 0.0485 e. The minimum Gasteiger partial charge on any atom is -0.372 e. The van der Waals surface area contributed by atoms with Gasteiger partial charge in [-0.05, 0) is 80.8 Å². The normalized spacial score (nSPS) is 15.3. The van der Waals surface area contributed by atoms with Crippen molar-refractivity contribution in [3.8, 4) is 0 Å². The summed E-state index contributed by atoms with van der Waals surface area (Å²) in [6.07, 6.45) is 9.06. The lowest BCUT2D eigenvalue weighted by atomic mass is 10.0. The predicted molar refractivity (Wildman–Crippen MR) is 145 cm³/mol. The van der Waals surface area contributed by atoms with Crippen LogP contribution in [0, 0.1) is 0 Å². The number of nitrogens with zero attached hydrogens (tertiary/aromatic N) is 2. The van der Waals surface area contributed by atoms with E-state index in [0.717, 1.165) is 19.5 Å². The first-order chi connectivity index (χ1) is 14.4. The first-order valence-corrected chi connectivity index (χ1v) is 11.5. The molecule has 1 fully saturated rings. The number of piperidine rings is 1. The van der Waals surface area contributed by atoms with E-state index in [1.54, 1.807) is 11.3 Å². The number of anilines is 1. The van der Waals surface area contributed by atoms with E-state index in [4.69, 9.17) is 0 Å². The van der Waals surface area contributed by atoms with Gasteiger partial charge in [-0.2, -0.15) is 0 Å². The highest BCUT2D eigenvalue weighted by Crippen LogP contribution is 2.31. The molecule has 0 bridgehead atoms. The van der Waals surface area contributed by atoms with Crippen LogP contribution in [0.25, 0.3) is 10.9 Å². The van der Waals surface area contributed by atoms with Crippen molar-refractivity contribution in [2.24, 2.45) is 0 Å². The molecule has 0 saturated carbocycles. The number of aromatic nitrogens is 1. The van der Waals surface area contributed by atoms with Crippen LogP contribution in [-0.4, -0.2) is 24.2 Å². The van der Waals surface area contributed by atoms with Gasteiger partial charge in [-0.1, -0.05) is 30.3 Å². The average Bonchev–Trinajstić information content (AvgIpc) is 3.11. The van der Waals surface area contributed by atoms with E-state index >= 15 is 0 Å². The Kier molecular flexibility index (Phi) is 10.7. The number of halogens is 3. The number of hydrogen-bond donors (Lipinski definition) is 1. The third-order valence-corrected chi connectivity index (χ3v) is 6.75. The van der Waals surface area contributed by atoms with E-state index in [1.807, 2.05) is 0 Å². The van der Waals surface area contributed by atoms with E-state index in [1.165, 1.54) is 80.3 Å². The molecule has 1 N–H and O–H groups in total. The fourth-order valence-electron chi connectivity index (χ4n) is 5.27. The van der Waals surface area contributed by atoms with Crippen LogP contribution in [0.3, 0.4) is 0 Å². The Morgan fingerprint density at radius 1 is 0.781 bits per heavy atom. The Balaban J connectivity index is 0.00000121. The standard InChI is InChI=1S/C26H33N3.3ClH/c1-5-16-28(17-6-1)22-10-8-9-21(19-22)20-27-15-14-24-23-11-2-3-12-25(23)29-18-7-4-13-26(24)29;;;/h2-3,8-12,19,27H,1,4-7,13-18,20H2;3*1H. The molecule has 0 aliphatic carbocycles. The zero-order valence-corrected chi connectivity index (χ0v) is 21.2. The maximum atomic E-state index is 3.71. The minimum atomic E-state index is 0. The van der Waals surface area contributed by atoms with Gasteiger partial charge in [-0.25, -0.2) is 0 Å². The molecule has 0 spiro atoms.